The standard InChI is InChI=1S/C15H21O7P/c16-14(17)9-8-13(15(18)19)11-23(20,21)22-10-4-7-12-5-2-1-3-6-12/h1-3,5-6,13H,4,7-11H2,(H,16,17)(H,18,19)(H,20,21). The van der Waals surface area contributed by atoms with Gasteiger partial charge in [0.1, 0.15) is 0 Å². The number of carboxylic acid groups (broad SMARTS) is 2. The van der Waals surface area contributed by atoms with Gasteiger partial charge in [-0.2, -0.15) is 0 Å². The van der Waals surface area contributed by atoms with Crippen LogP contribution < -0.4 is 0 Å². The van der Waals surface area contributed by atoms with Gasteiger partial charge < -0.3 is 19.6 Å². The summed E-state index contributed by atoms with van der Waals surface area (Å²) in [5.41, 5.74) is 1.08. The number of aryl methyl sites for hydroxylation is 1. The van der Waals surface area contributed by atoms with Gasteiger partial charge >= 0.3 is 19.5 Å². The van der Waals surface area contributed by atoms with Gasteiger partial charge in [0.05, 0.1) is 18.7 Å². The maximum absolute atomic E-state index is 11.9. The van der Waals surface area contributed by atoms with E-state index in [2.05, 4.69) is 0 Å². The minimum absolute atomic E-state index is 0.0357. The van der Waals surface area contributed by atoms with Crippen LogP contribution in [0.2, 0.25) is 0 Å². The predicted octanol–water partition coefficient (Wildman–Crippen LogP) is 2.39. The van der Waals surface area contributed by atoms with Gasteiger partial charge in [0.15, 0.2) is 0 Å². The summed E-state index contributed by atoms with van der Waals surface area (Å²) in [7, 11) is -4.06. The maximum atomic E-state index is 11.9. The van der Waals surface area contributed by atoms with Crippen molar-refractivity contribution in [1.29, 1.82) is 0 Å². The van der Waals surface area contributed by atoms with Crippen molar-refractivity contribution in [2.75, 3.05) is 12.8 Å². The molecule has 7 nitrogen and oxygen atoms in total. The van der Waals surface area contributed by atoms with Crippen molar-refractivity contribution in [3.8, 4) is 0 Å². The smallest absolute Gasteiger partial charge is 0.328 e. The molecule has 0 aliphatic rings. The zero-order valence-corrected chi connectivity index (χ0v) is 13.5. The van der Waals surface area contributed by atoms with E-state index in [-0.39, 0.29) is 19.4 Å². The number of carbonyl (C=O) groups is 2. The van der Waals surface area contributed by atoms with Gasteiger partial charge in [0.25, 0.3) is 0 Å². The minimum Gasteiger partial charge on any atom is -0.481 e. The number of benzene rings is 1. The molecule has 0 aromatic heterocycles. The average molecular weight is 344 g/mol. The van der Waals surface area contributed by atoms with E-state index in [1.165, 1.54) is 0 Å². The average Bonchev–Trinajstić information content (AvgIpc) is 2.48. The fraction of sp³-hybridized carbons (Fsp3) is 0.467. The lowest BCUT2D eigenvalue weighted by Crippen LogP contribution is -2.20. The third-order valence-corrected chi connectivity index (χ3v) is 4.74. The summed E-state index contributed by atoms with van der Waals surface area (Å²) >= 11 is 0. The number of hydrogen-bond acceptors (Lipinski definition) is 4. The van der Waals surface area contributed by atoms with Gasteiger partial charge in [-0.25, -0.2) is 0 Å². The monoisotopic (exact) mass is 344 g/mol. The van der Waals surface area contributed by atoms with Crippen LogP contribution in [-0.4, -0.2) is 39.8 Å². The number of aliphatic carboxylic acids is 2. The van der Waals surface area contributed by atoms with Crippen molar-refractivity contribution in [3.05, 3.63) is 35.9 Å². The van der Waals surface area contributed by atoms with Crippen molar-refractivity contribution in [1.82, 2.24) is 0 Å². The lowest BCUT2D eigenvalue weighted by atomic mass is 10.1. The Labute approximate surface area is 134 Å². The van der Waals surface area contributed by atoms with E-state index >= 15 is 0 Å². The molecule has 2 unspecified atom stereocenters. The molecule has 1 aromatic rings. The SMILES string of the molecule is O=C(O)CCC(CP(=O)(O)OCCCc1ccccc1)C(=O)O. The number of hydrogen-bond donors (Lipinski definition) is 3. The Morgan fingerprint density at radius 1 is 1.17 bits per heavy atom. The molecule has 0 amide bonds. The Morgan fingerprint density at radius 2 is 1.83 bits per heavy atom. The van der Waals surface area contributed by atoms with Crippen LogP contribution in [0.3, 0.4) is 0 Å². The Morgan fingerprint density at radius 3 is 2.39 bits per heavy atom. The third kappa shape index (κ3) is 8.50. The molecule has 8 heteroatoms. The van der Waals surface area contributed by atoms with Gasteiger partial charge in [0, 0.05) is 6.42 Å². The normalized spacial score (nSPS) is 14.8. The zero-order chi connectivity index (χ0) is 17.3. The minimum atomic E-state index is -4.06. The van der Waals surface area contributed by atoms with Crippen molar-refractivity contribution < 1.29 is 33.8 Å². The lowest BCUT2D eigenvalue weighted by Gasteiger charge is -2.16. The summed E-state index contributed by atoms with van der Waals surface area (Å²) in [5.74, 6) is -3.66. The van der Waals surface area contributed by atoms with Gasteiger partial charge in [-0.1, -0.05) is 30.3 Å². The van der Waals surface area contributed by atoms with Gasteiger partial charge in [0.2, 0.25) is 0 Å². The molecule has 0 spiro atoms. The molecule has 2 atom stereocenters. The summed E-state index contributed by atoms with van der Waals surface area (Å²) < 4.78 is 16.8. The molecule has 0 aliphatic carbocycles. The molecule has 0 heterocycles. The Bertz CT molecular complexity index is 558. The van der Waals surface area contributed by atoms with E-state index in [0.29, 0.717) is 12.8 Å². The van der Waals surface area contributed by atoms with Crippen LogP contribution in [0.1, 0.15) is 24.8 Å². The van der Waals surface area contributed by atoms with E-state index < -0.39 is 31.6 Å². The molecular formula is C15H21O7P. The molecule has 0 fully saturated rings. The molecule has 128 valence electrons. The summed E-state index contributed by atoms with van der Waals surface area (Å²) in [6.45, 7) is 0.0357. The quantitative estimate of drug-likeness (QED) is 0.416. The van der Waals surface area contributed by atoms with E-state index in [0.717, 1.165) is 5.56 Å². The molecule has 3 N–H and O–H groups in total. The molecular weight excluding hydrogens is 323 g/mol. The van der Waals surface area contributed by atoms with Crippen molar-refractivity contribution >= 4 is 19.5 Å². The van der Waals surface area contributed by atoms with Crippen LogP contribution in [0, 0.1) is 5.92 Å². The summed E-state index contributed by atoms with van der Waals surface area (Å²) in [5, 5.41) is 17.6. The van der Waals surface area contributed by atoms with E-state index in [4.69, 9.17) is 14.7 Å². The first-order chi connectivity index (χ1) is 10.8. The number of carboxylic acids is 2. The second-order valence-corrected chi connectivity index (χ2v) is 7.11. The van der Waals surface area contributed by atoms with E-state index in [1.807, 2.05) is 30.3 Å². The van der Waals surface area contributed by atoms with Crippen LogP contribution >= 0.6 is 7.60 Å². The zero-order valence-electron chi connectivity index (χ0n) is 12.6. The van der Waals surface area contributed by atoms with Crippen molar-refractivity contribution in [2.45, 2.75) is 25.7 Å². The first-order valence-corrected chi connectivity index (χ1v) is 9.01. The summed E-state index contributed by atoms with van der Waals surface area (Å²) in [6, 6.07) is 9.56. The molecule has 0 bridgehead atoms. The first-order valence-electron chi connectivity index (χ1n) is 7.25. The Kier molecular flexibility index (Phi) is 7.95. The molecule has 0 aliphatic heterocycles. The molecule has 1 rings (SSSR count). The highest BCUT2D eigenvalue weighted by molar-refractivity contribution is 7.52. The van der Waals surface area contributed by atoms with Crippen molar-refractivity contribution in [3.63, 3.8) is 0 Å². The molecule has 23 heavy (non-hydrogen) atoms. The van der Waals surface area contributed by atoms with Crippen LogP contribution in [0.5, 0.6) is 0 Å². The lowest BCUT2D eigenvalue weighted by molar-refractivity contribution is -0.142. The van der Waals surface area contributed by atoms with Gasteiger partial charge in [-0.15, -0.1) is 0 Å². The molecule has 1 aromatic carbocycles. The van der Waals surface area contributed by atoms with Gasteiger partial charge in [-0.3, -0.25) is 14.2 Å². The van der Waals surface area contributed by atoms with Crippen LogP contribution in [-0.2, 0) is 25.1 Å². The third-order valence-electron chi connectivity index (χ3n) is 3.25. The number of rotatable bonds is 11. The Hall–Kier alpha value is -1.69. The van der Waals surface area contributed by atoms with Crippen LogP contribution in [0.25, 0.3) is 0 Å². The second-order valence-electron chi connectivity index (χ2n) is 5.21. The molecule has 0 radical (unpaired) electrons. The molecule has 0 saturated carbocycles. The predicted molar refractivity (Wildman–Crippen MR) is 83.4 cm³/mol. The summed E-state index contributed by atoms with van der Waals surface area (Å²) in [4.78, 5) is 31.2. The van der Waals surface area contributed by atoms with E-state index in [1.54, 1.807) is 0 Å². The fourth-order valence-corrected chi connectivity index (χ4v) is 3.47. The highest BCUT2D eigenvalue weighted by Gasteiger charge is 2.30. The van der Waals surface area contributed by atoms with Crippen LogP contribution in [0.4, 0.5) is 0 Å². The van der Waals surface area contributed by atoms with Crippen molar-refractivity contribution in [2.24, 2.45) is 5.92 Å². The Balaban J connectivity index is 2.39. The highest BCUT2D eigenvalue weighted by atomic mass is 31.2. The fourth-order valence-electron chi connectivity index (χ4n) is 2.05. The van der Waals surface area contributed by atoms with E-state index in [9.17, 15) is 19.0 Å². The van der Waals surface area contributed by atoms with Crippen LogP contribution in [0.15, 0.2) is 30.3 Å². The molecule has 0 saturated heterocycles. The van der Waals surface area contributed by atoms with Gasteiger partial charge in [-0.05, 0) is 24.8 Å². The topological polar surface area (TPSA) is 121 Å². The second kappa shape index (κ2) is 9.45. The largest absolute Gasteiger partial charge is 0.481 e. The maximum Gasteiger partial charge on any atom is 0.328 e. The summed E-state index contributed by atoms with van der Waals surface area (Å²) in [6.07, 6.45) is 0.0537. The first kappa shape index (κ1) is 19.4. The highest BCUT2D eigenvalue weighted by Crippen LogP contribution is 2.44.